The first-order valence-corrected chi connectivity index (χ1v) is 3.63. The van der Waals surface area contributed by atoms with Crippen molar-refractivity contribution in [3.8, 4) is 0 Å². The molecule has 0 N–H and O–H groups in total. The quantitative estimate of drug-likeness (QED) is 0.358. The molecule has 0 aromatic carbocycles. The molecule has 1 heterocycles. The molecule has 0 radical (unpaired) electrons. The number of rotatable bonds is 3. The highest BCUT2D eigenvalue weighted by Crippen LogP contribution is 2.08. The number of ether oxygens (including phenoxy) is 3. The van der Waals surface area contributed by atoms with Crippen LogP contribution in [-0.2, 0) is 14.2 Å². The predicted octanol–water partition coefficient (Wildman–Crippen LogP) is 0.685. The second-order valence-electron chi connectivity index (χ2n) is 2.37. The van der Waals surface area contributed by atoms with Crippen LogP contribution in [0.1, 0.15) is 0 Å². The summed E-state index contributed by atoms with van der Waals surface area (Å²) in [5.74, 6) is 0. The van der Waals surface area contributed by atoms with Gasteiger partial charge in [-0.25, -0.2) is 0 Å². The minimum absolute atomic E-state index is 0.181. The molecular formula is C6H11N3O3. The maximum absolute atomic E-state index is 8.05. The molecule has 6 nitrogen and oxygen atoms in total. The van der Waals surface area contributed by atoms with Crippen LogP contribution < -0.4 is 0 Å². The Hall–Kier alpha value is -0.810. The summed E-state index contributed by atoms with van der Waals surface area (Å²) in [7, 11) is 1.55. The van der Waals surface area contributed by atoms with Gasteiger partial charge in [-0.2, -0.15) is 0 Å². The van der Waals surface area contributed by atoms with Gasteiger partial charge in [0.05, 0.1) is 25.9 Å². The summed E-state index contributed by atoms with van der Waals surface area (Å²) in [6.45, 7) is 1.18. The fourth-order valence-electron chi connectivity index (χ4n) is 0.936. The van der Waals surface area contributed by atoms with Gasteiger partial charge in [0.2, 0.25) is 0 Å². The van der Waals surface area contributed by atoms with Gasteiger partial charge in [0, 0.05) is 12.0 Å². The van der Waals surface area contributed by atoms with Crippen molar-refractivity contribution >= 4 is 0 Å². The molecule has 0 amide bonds. The lowest BCUT2D eigenvalue weighted by atomic mass is 10.3. The molecule has 0 spiro atoms. The Bertz CT molecular complexity index is 181. The molecule has 0 saturated carbocycles. The van der Waals surface area contributed by atoms with E-state index in [1.807, 2.05) is 0 Å². The zero-order valence-corrected chi connectivity index (χ0v) is 6.84. The van der Waals surface area contributed by atoms with Crippen molar-refractivity contribution in [3.63, 3.8) is 0 Å². The third-order valence-electron chi connectivity index (χ3n) is 1.51. The minimum atomic E-state index is -0.336. The van der Waals surface area contributed by atoms with Crippen LogP contribution in [0, 0.1) is 0 Å². The predicted molar refractivity (Wildman–Crippen MR) is 40.5 cm³/mol. The Balaban J connectivity index is 2.30. The molecule has 0 unspecified atom stereocenters. The summed E-state index contributed by atoms with van der Waals surface area (Å²) in [4.78, 5) is 2.63. The van der Waals surface area contributed by atoms with E-state index in [4.69, 9.17) is 19.7 Å². The third-order valence-corrected chi connectivity index (χ3v) is 1.51. The number of methoxy groups -OCH3 is 1. The van der Waals surface area contributed by atoms with Gasteiger partial charge in [0.25, 0.3) is 0 Å². The summed E-state index contributed by atoms with van der Waals surface area (Å²) < 4.78 is 15.4. The van der Waals surface area contributed by atoms with E-state index in [0.717, 1.165) is 0 Å². The van der Waals surface area contributed by atoms with E-state index in [-0.39, 0.29) is 18.9 Å². The van der Waals surface area contributed by atoms with Crippen molar-refractivity contribution < 1.29 is 14.2 Å². The first-order valence-electron chi connectivity index (χ1n) is 3.63. The number of hydrogen-bond donors (Lipinski definition) is 0. The molecule has 1 rings (SSSR count). The van der Waals surface area contributed by atoms with Crippen molar-refractivity contribution in [1.82, 2.24) is 0 Å². The minimum Gasteiger partial charge on any atom is -0.373 e. The van der Waals surface area contributed by atoms with Gasteiger partial charge in [-0.3, -0.25) is 0 Å². The SMILES string of the molecule is CO[C@H]1COC[C@@H](CN=[N+]=[N-])O1. The molecule has 0 aromatic rings. The van der Waals surface area contributed by atoms with E-state index in [1.54, 1.807) is 7.11 Å². The van der Waals surface area contributed by atoms with Crippen molar-refractivity contribution in [2.24, 2.45) is 5.11 Å². The van der Waals surface area contributed by atoms with E-state index in [9.17, 15) is 0 Å². The number of azide groups is 1. The first kappa shape index (κ1) is 9.28. The van der Waals surface area contributed by atoms with Gasteiger partial charge in [-0.15, -0.1) is 0 Å². The third kappa shape index (κ3) is 2.67. The van der Waals surface area contributed by atoms with Crippen LogP contribution in [0.2, 0.25) is 0 Å². The molecule has 2 atom stereocenters. The Morgan fingerprint density at radius 1 is 1.67 bits per heavy atom. The molecule has 6 heteroatoms. The number of nitrogens with zero attached hydrogens (tertiary/aromatic N) is 3. The van der Waals surface area contributed by atoms with E-state index in [1.165, 1.54) is 0 Å². The standard InChI is InChI=1S/C6H11N3O3/c1-10-6-4-11-3-5(12-6)2-8-9-7/h5-6H,2-4H2,1H3/t5-,6-/m1/s1. The zero-order valence-electron chi connectivity index (χ0n) is 6.84. The van der Waals surface area contributed by atoms with Crippen molar-refractivity contribution in [2.45, 2.75) is 12.4 Å². The van der Waals surface area contributed by atoms with E-state index >= 15 is 0 Å². The van der Waals surface area contributed by atoms with Crippen molar-refractivity contribution in [3.05, 3.63) is 10.4 Å². The average molecular weight is 173 g/mol. The summed E-state index contributed by atoms with van der Waals surface area (Å²) >= 11 is 0. The Kier molecular flexibility index (Phi) is 3.83. The smallest absolute Gasteiger partial charge is 0.180 e. The molecule has 0 aliphatic carbocycles. The fourth-order valence-corrected chi connectivity index (χ4v) is 0.936. The van der Waals surface area contributed by atoms with Crippen LogP contribution in [0.5, 0.6) is 0 Å². The van der Waals surface area contributed by atoms with Gasteiger partial charge >= 0.3 is 0 Å². The van der Waals surface area contributed by atoms with E-state index in [0.29, 0.717) is 13.2 Å². The van der Waals surface area contributed by atoms with Crippen LogP contribution in [0.3, 0.4) is 0 Å². The van der Waals surface area contributed by atoms with E-state index in [2.05, 4.69) is 10.0 Å². The van der Waals surface area contributed by atoms with Crippen LogP contribution >= 0.6 is 0 Å². The van der Waals surface area contributed by atoms with Crippen molar-refractivity contribution in [1.29, 1.82) is 0 Å². The highest BCUT2D eigenvalue weighted by atomic mass is 16.7. The van der Waals surface area contributed by atoms with Crippen LogP contribution in [0.4, 0.5) is 0 Å². The fraction of sp³-hybridized carbons (Fsp3) is 1.00. The lowest BCUT2D eigenvalue weighted by Gasteiger charge is -2.27. The maximum atomic E-state index is 8.05. The number of hydrogen-bond acceptors (Lipinski definition) is 4. The molecular weight excluding hydrogens is 162 g/mol. The van der Waals surface area contributed by atoms with Gasteiger partial charge in [0.1, 0.15) is 0 Å². The highest BCUT2D eigenvalue weighted by molar-refractivity contribution is 4.66. The molecule has 1 aliphatic rings. The lowest BCUT2D eigenvalue weighted by Crippen LogP contribution is -2.38. The van der Waals surface area contributed by atoms with Gasteiger partial charge < -0.3 is 14.2 Å². The molecule has 1 fully saturated rings. The largest absolute Gasteiger partial charge is 0.373 e. The van der Waals surface area contributed by atoms with Crippen molar-refractivity contribution in [2.75, 3.05) is 26.9 Å². The monoisotopic (exact) mass is 173 g/mol. The topological polar surface area (TPSA) is 76.5 Å². The zero-order chi connectivity index (χ0) is 8.81. The molecule has 0 aromatic heterocycles. The highest BCUT2D eigenvalue weighted by Gasteiger charge is 2.21. The van der Waals surface area contributed by atoms with Crippen LogP contribution in [-0.4, -0.2) is 39.3 Å². The summed E-state index contributed by atoms with van der Waals surface area (Å²) in [6.07, 6.45) is -0.516. The van der Waals surface area contributed by atoms with Crippen LogP contribution in [0.25, 0.3) is 10.4 Å². The molecule has 1 saturated heterocycles. The van der Waals surface area contributed by atoms with Gasteiger partial charge in [-0.1, -0.05) is 5.11 Å². The maximum Gasteiger partial charge on any atom is 0.180 e. The average Bonchev–Trinajstić information content (AvgIpc) is 2.15. The van der Waals surface area contributed by atoms with Crippen LogP contribution in [0.15, 0.2) is 5.11 Å². The normalized spacial score (nSPS) is 29.4. The van der Waals surface area contributed by atoms with Gasteiger partial charge in [-0.05, 0) is 5.53 Å². The van der Waals surface area contributed by atoms with Gasteiger partial charge in [0.15, 0.2) is 6.29 Å². The summed E-state index contributed by atoms with van der Waals surface area (Å²) in [5, 5.41) is 3.38. The second-order valence-corrected chi connectivity index (χ2v) is 2.37. The molecule has 12 heavy (non-hydrogen) atoms. The Morgan fingerprint density at radius 3 is 3.17 bits per heavy atom. The Labute approximate surface area is 70.0 Å². The van der Waals surface area contributed by atoms with E-state index < -0.39 is 0 Å². The summed E-state index contributed by atoms with van der Waals surface area (Å²) in [6, 6.07) is 0. The Morgan fingerprint density at radius 2 is 2.50 bits per heavy atom. The first-order chi connectivity index (χ1) is 5.86. The second kappa shape index (κ2) is 4.95. The molecule has 68 valence electrons. The molecule has 1 aliphatic heterocycles. The summed E-state index contributed by atoms with van der Waals surface area (Å²) in [5.41, 5.74) is 8.05. The molecule has 0 bridgehead atoms. The lowest BCUT2D eigenvalue weighted by molar-refractivity contribution is -0.229.